The zero-order valence-electron chi connectivity index (χ0n) is 11.6. The van der Waals surface area contributed by atoms with Gasteiger partial charge in [0.2, 0.25) is 0 Å². The summed E-state index contributed by atoms with van der Waals surface area (Å²) in [6.45, 7) is 3.89. The molecule has 0 bridgehead atoms. The molecule has 2 aliphatic rings. The second-order valence-electron chi connectivity index (χ2n) is 6.48. The molecular weight excluding hydrogens is 234 g/mol. The Morgan fingerprint density at radius 2 is 1.61 bits per heavy atom. The summed E-state index contributed by atoms with van der Waals surface area (Å²) in [7, 11) is 0. The molecule has 18 heavy (non-hydrogen) atoms. The number of ether oxygens (including phenoxy) is 1. The molecule has 0 aromatic rings. The van der Waals surface area contributed by atoms with Crippen LogP contribution in [0.2, 0.25) is 0 Å². The Labute approximate surface area is 109 Å². The van der Waals surface area contributed by atoms with Crippen molar-refractivity contribution >= 4 is 0 Å². The van der Waals surface area contributed by atoms with Crippen LogP contribution >= 0.6 is 0 Å². The van der Waals surface area contributed by atoms with Crippen molar-refractivity contribution in [1.29, 1.82) is 0 Å². The molecule has 0 spiro atoms. The molecule has 2 fully saturated rings. The third-order valence-corrected chi connectivity index (χ3v) is 4.85. The van der Waals surface area contributed by atoms with Crippen molar-refractivity contribution in [3.8, 4) is 0 Å². The fourth-order valence-electron chi connectivity index (χ4n) is 3.24. The fourth-order valence-corrected chi connectivity index (χ4v) is 3.24. The zero-order chi connectivity index (χ0) is 13.2. The van der Waals surface area contributed by atoms with Crippen LogP contribution in [-0.2, 0) is 4.74 Å². The third-order valence-electron chi connectivity index (χ3n) is 4.85. The van der Waals surface area contributed by atoms with Crippen LogP contribution in [0.25, 0.3) is 0 Å². The van der Waals surface area contributed by atoms with Crippen LogP contribution in [0, 0.1) is 17.8 Å². The van der Waals surface area contributed by atoms with Gasteiger partial charge in [-0.05, 0) is 37.5 Å². The van der Waals surface area contributed by atoms with Crippen molar-refractivity contribution in [1.82, 2.24) is 0 Å². The van der Waals surface area contributed by atoms with Crippen LogP contribution < -0.4 is 0 Å². The highest BCUT2D eigenvalue weighted by molar-refractivity contribution is 4.77. The predicted molar refractivity (Wildman–Crippen MR) is 68.6 cm³/mol. The lowest BCUT2D eigenvalue weighted by Crippen LogP contribution is -2.39. The van der Waals surface area contributed by atoms with E-state index in [1.165, 1.54) is 25.7 Å². The van der Waals surface area contributed by atoms with Crippen molar-refractivity contribution in [3.05, 3.63) is 0 Å². The van der Waals surface area contributed by atoms with E-state index in [-0.39, 0.29) is 6.10 Å². The first kappa shape index (κ1) is 14.2. The largest absolute Gasteiger partial charge is 0.358 e. The van der Waals surface area contributed by atoms with Crippen molar-refractivity contribution < 1.29 is 13.5 Å². The Kier molecular flexibility index (Phi) is 4.63. The lowest BCUT2D eigenvalue weighted by molar-refractivity contribution is -0.311. The van der Waals surface area contributed by atoms with Crippen molar-refractivity contribution in [2.75, 3.05) is 0 Å². The van der Waals surface area contributed by atoms with Crippen molar-refractivity contribution in [2.24, 2.45) is 17.8 Å². The molecule has 1 heterocycles. The van der Waals surface area contributed by atoms with Gasteiger partial charge in [0.15, 0.2) is 0 Å². The molecule has 2 rings (SSSR count). The maximum absolute atomic E-state index is 13.4. The van der Waals surface area contributed by atoms with Crippen LogP contribution in [0.4, 0.5) is 8.78 Å². The van der Waals surface area contributed by atoms with Crippen LogP contribution in [0.1, 0.15) is 65.2 Å². The number of halogens is 2. The van der Waals surface area contributed by atoms with E-state index in [2.05, 4.69) is 6.92 Å². The van der Waals surface area contributed by atoms with E-state index in [1.54, 1.807) is 6.92 Å². The fraction of sp³-hybridized carbons (Fsp3) is 1.00. The van der Waals surface area contributed by atoms with Gasteiger partial charge in [0.05, 0.1) is 6.10 Å². The van der Waals surface area contributed by atoms with E-state index in [4.69, 9.17) is 4.74 Å². The van der Waals surface area contributed by atoms with E-state index in [9.17, 15) is 8.78 Å². The first-order valence-corrected chi connectivity index (χ1v) is 7.53. The lowest BCUT2D eigenvalue weighted by Gasteiger charge is -2.35. The molecule has 106 valence electrons. The van der Waals surface area contributed by atoms with Gasteiger partial charge in [-0.25, -0.2) is 0 Å². The first-order valence-electron chi connectivity index (χ1n) is 7.53. The zero-order valence-corrected chi connectivity index (χ0v) is 11.6. The van der Waals surface area contributed by atoms with Gasteiger partial charge in [-0.3, -0.25) is 0 Å². The monoisotopic (exact) mass is 260 g/mol. The molecule has 2 atom stereocenters. The highest BCUT2D eigenvalue weighted by atomic mass is 19.3. The van der Waals surface area contributed by atoms with Crippen LogP contribution in [0.3, 0.4) is 0 Å². The van der Waals surface area contributed by atoms with E-state index >= 15 is 0 Å². The summed E-state index contributed by atoms with van der Waals surface area (Å²) in [5.41, 5.74) is 0. The molecule has 1 saturated carbocycles. The average molecular weight is 260 g/mol. The predicted octanol–water partition coefficient (Wildman–Crippen LogP) is 5.00. The SMILES string of the molecule is CC1CCC(CCC2CCC(C)C(F)(F)O2)CC1. The molecule has 0 radical (unpaired) electrons. The molecule has 3 heteroatoms. The topological polar surface area (TPSA) is 9.23 Å². The molecule has 1 aliphatic heterocycles. The Hall–Kier alpha value is -0.180. The second-order valence-corrected chi connectivity index (χ2v) is 6.48. The molecule has 2 unspecified atom stereocenters. The third kappa shape index (κ3) is 3.66. The first-order chi connectivity index (χ1) is 8.47. The standard InChI is InChI=1S/C15H26F2O/c1-11-3-6-13(7-4-11)8-10-14-9-5-12(2)15(16,17)18-14/h11-14H,3-10H2,1-2H3. The quantitative estimate of drug-likeness (QED) is 0.693. The van der Waals surface area contributed by atoms with Gasteiger partial charge in [0.1, 0.15) is 0 Å². The van der Waals surface area contributed by atoms with Gasteiger partial charge < -0.3 is 4.74 Å². The molecule has 0 aromatic heterocycles. The number of alkyl halides is 2. The minimum Gasteiger partial charge on any atom is -0.317 e. The summed E-state index contributed by atoms with van der Waals surface area (Å²) in [6.07, 6.45) is 5.36. The maximum atomic E-state index is 13.4. The highest BCUT2D eigenvalue weighted by Gasteiger charge is 2.43. The summed E-state index contributed by atoms with van der Waals surface area (Å²) in [6, 6.07) is 0. The Balaban J connectivity index is 1.71. The van der Waals surface area contributed by atoms with Crippen LogP contribution in [0.15, 0.2) is 0 Å². The molecule has 1 nitrogen and oxygen atoms in total. The van der Waals surface area contributed by atoms with Gasteiger partial charge in [-0.1, -0.05) is 39.5 Å². The summed E-state index contributed by atoms with van der Waals surface area (Å²) < 4.78 is 31.9. The maximum Gasteiger partial charge on any atom is 0.358 e. The van der Waals surface area contributed by atoms with Crippen LogP contribution in [-0.4, -0.2) is 12.2 Å². The minimum atomic E-state index is -2.90. The molecule has 1 saturated heterocycles. The Morgan fingerprint density at radius 3 is 2.22 bits per heavy atom. The molecular formula is C15H26F2O. The van der Waals surface area contributed by atoms with E-state index in [0.29, 0.717) is 6.42 Å². The van der Waals surface area contributed by atoms with Crippen molar-refractivity contribution in [3.63, 3.8) is 0 Å². The molecule has 0 N–H and O–H groups in total. The molecule has 0 amide bonds. The Morgan fingerprint density at radius 1 is 0.944 bits per heavy atom. The second kappa shape index (κ2) is 5.85. The van der Waals surface area contributed by atoms with E-state index in [0.717, 1.165) is 31.1 Å². The van der Waals surface area contributed by atoms with Crippen LogP contribution in [0.5, 0.6) is 0 Å². The smallest absolute Gasteiger partial charge is 0.317 e. The summed E-state index contributed by atoms with van der Waals surface area (Å²) in [4.78, 5) is 0. The van der Waals surface area contributed by atoms with E-state index in [1.807, 2.05) is 0 Å². The van der Waals surface area contributed by atoms with Crippen molar-refractivity contribution in [2.45, 2.75) is 77.4 Å². The number of hydrogen-bond acceptors (Lipinski definition) is 1. The normalized spacial score (nSPS) is 40.7. The summed E-state index contributed by atoms with van der Waals surface area (Å²) >= 11 is 0. The molecule has 1 aliphatic carbocycles. The van der Waals surface area contributed by atoms with Gasteiger partial charge in [-0.15, -0.1) is 0 Å². The van der Waals surface area contributed by atoms with Gasteiger partial charge in [-0.2, -0.15) is 8.78 Å². The van der Waals surface area contributed by atoms with Gasteiger partial charge in [0.25, 0.3) is 0 Å². The van der Waals surface area contributed by atoms with E-state index < -0.39 is 12.0 Å². The summed E-state index contributed by atoms with van der Waals surface area (Å²) in [5, 5.41) is 0. The number of hydrogen-bond donors (Lipinski definition) is 0. The van der Waals surface area contributed by atoms with Gasteiger partial charge >= 0.3 is 6.11 Å². The number of rotatable bonds is 3. The minimum absolute atomic E-state index is 0.212. The highest BCUT2D eigenvalue weighted by Crippen LogP contribution is 2.39. The molecule has 0 aromatic carbocycles. The lowest BCUT2D eigenvalue weighted by atomic mass is 9.80. The van der Waals surface area contributed by atoms with Gasteiger partial charge in [0, 0.05) is 5.92 Å². The summed E-state index contributed by atoms with van der Waals surface area (Å²) in [5.74, 6) is 0.986. The Bertz CT molecular complexity index is 259. The average Bonchev–Trinajstić information content (AvgIpc) is 2.32.